The molecule has 1 spiro atoms. The molecule has 4 amide bonds. The zero-order valence-corrected chi connectivity index (χ0v) is 11.8. The van der Waals surface area contributed by atoms with Crippen LogP contribution in [0.4, 0.5) is 11.4 Å². The Morgan fingerprint density at radius 3 is 1.13 bits per heavy atom. The van der Waals surface area contributed by atoms with Crippen molar-refractivity contribution < 1.29 is 19.2 Å². The van der Waals surface area contributed by atoms with E-state index in [0.717, 1.165) is 9.80 Å². The SMILES string of the molecule is O=C1N(c2ccccc2)C(=O)C12C(=O)N(c1ccccc1)C2=O. The van der Waals surface area contributed by atoms with Crippen LogP contribution in [0.1, 0.15) is 0 Å². The predicted octanol–water partition coefficient (Wildman–Crippen LogP) is 1.12. The fourth-order valence-corrected chi connectivity index (χ4v) is 2.92. The highest BCUT2D eigenvalue weighted by atomic mass is 16.2. The Labute approximate surface area is 130 Å². The third-order valence-corrected chi connectivity index (χ3v) is 4.12. The Morgan fingerprint density at radius 2 is 0.826 bits per heavy atom. The van der Waals surface area contributed by atoms with Crippen LogP contribution >= 0.6 is 0 Å². The van der Waals surface area contributed by atoms with Crippen LogP contribution in [0.5, 0.6) is 0 Å². The molecule has 2 aliphatic rings. The number of carbonyl (C=O) groups excluding carboxylic acids is 4. The molecule has 6 heteroatoms. The zero-order valence-electron chi connectivity index (χ0n) is 11.8. The van der Waals surface area contributed by atoms with Gasteiger partial charge in [-0.2, -0.15) is 0 Å². The fourth-order valence-electron chi connectivity index (χ4n) is 2.92. The molecule has 0 unspecified atom stereocenters. The summed E-state index contributed by atoms with van der Waals surface area (Å²) in [5.74, 6) is -3.13. The topological polar surface area (TPSA) is 74.8 Å². The number of benzene rings is 2. The van der Waals surface area contributed by atoms with E-state index in [1.807, 2.05) is 0 Å². The molecule has 2 saturated heterocycles. The molecule has 6 nitrogen and oxygen atoms in total. The summed E-state index contributed by atoms with van der Waals surface area (Å²) in [6.07, 6.45) is 0. The molecule has 23 heavy (non-hydrogen) atoms. The molecule has 112 valence electrons. The van der Waals surface area contributed by atoms with Crippen LogP contribution in [-0.4, -0.2) is 23.6 Å². The monoisotopic (exact) mass is 306 g/mol. The predicted molar refractivity (Wildman–Crippen MR) is 80.3 cm³/mol. The largest absolute Gasteiger partial charge is 0.286 e. The Balaban J connectivity index is 1.68. The van der Waals surface area contributed by atoms with E-state index in [-0.39, 0.29) is 0 Å². The van der Waals surface area contributed by atoms with E-state index < -0.39 is 29.0 Å². The van der Waals surface area contributed by atoms with Crippen molar-refractivity contribution in [3.05, 3.63) is 60.7 Å². The van der Waals surface area contributed by atoms with Crippen LogP contribution in [0.25, 0.3) is 0 Å². The Kier molecular flexibility index (Phi) is 2.54. The lowest BCUT2D eigenvalue weighted by Gasteiger charge is -2.52. The van der Waals surface area contributed by atoms with Crippen LogP contribution in [-0.2, 0) is 19.2 Å². The summed E-state index contributed by atoms with van der Waals surface area (Å²) in [6.45, 7) is 0. The smallest absolute Gasteiger partial charge is 0.272 e. The third-order valence-electron chi connectivity index (χ3n) is 4.12. The van der Waals surface area contributed by atoms with Gasteiger partial charge < -0.3 is 0 Å². The van der Waals surface area contributed by atoms with Gasteiger partial charge in [0.05, 0.1) is 11.4 Å². The first-order valence-electron chi connectivity index (χ1n) is 6.98. The van der Waals surface area contributed by atoms with Gasteiger partial charge in [-0.15, -0.1) is 0 Å². The minimum Gasteiger partial charge on any atom is -0.272 e. The molecule has 2 aromatic carbocycles. The normalized spacial score (nSPS) is 19.0. The van der Waals surface area contributed by atoms with Crippen molar-refractivity contribution in [3.8, 4) is 0 Å². The number of amides is 4. The Bertz CT molecular complexity index is 752. The van der Waals surface area contributed by atoms with Gasteiger partial charge in [0.25, 0.3) is 29.0 Å². The van der Waals surface area contributed by atoms with E-state index in [9.17, 15) is 19.2 Å². The van der Waals surface area contributed by atoms with E-state index >= 15 is 0 Å². The highest BCUT2D eigenvalue weighted by Crippen LogP contribution is 2.48. The van der Waals surface area contributed by atoms with Crippen molar-refractivity contribution in [2.75, 3.05) is 9.80 Å². The lowest BCUT2D eigenvalue weighted by atomic mass is 9.68. The summed E-state index contributed by atoms with van der Waals surface area (Å²) in [5.41, 5.74) is -1.47. The first kappa shape index (κ1) is 13.4. The first-order valence-corrected chi connectivity index (χ1v) is 6.98. The minimum absolute atomic E-state index is 0.354. The maximum absolute atomic E-state index is 12.4. The van der Waals surface area contributed by atoms with Gasteiger partial charge in [0.15, 0.2) is 0 Å². The summed E-state index contributed by atoms with van der Waals surface area (Å²) in [7, 11) is 0. The lowest BCUT2D eigenvalue weighted by Crippen LogP contribution is -2.84. The molecule has 4 rings (SSSR count). The Hall–Kier alpha value is -3.28. The van der Waals surface area contributed by atoms with Crippen LogP contribution in [0.2, 0.25) is 0 Å². The Morgan fingerprint density at radius 1 is 0.522 bits per heavy atom. The van der Waals surface area contributed by atoms with E-state index in [1.54, 1.807) is 60.7 Å². The molecule has 2 aromatic rings. The quantitative estimate of drug-likeness (QED) is 0.615. The standard InChI is InChI=1S/C17H10N2O4/c20-13-17(14(21)18(13)11-7-3-1-4-8-11)15(22)19(16(17)23)12-9-5-2-6-10-12/h1-10H. The molecule has 0 radical (unpaired) electrons. The summed E-state index contributed by atoms with van der Waals surface area (Å²) in [6, 6.07) is 16.5. The van der Waals surface area contributed by atoms with Crippen molar-refractivity contribution in [1.29, 1.82) is 0 Å². The number of para-hydroxylation sites is 2. The number of hydrogen-bond acceptors (Lipinski definition) is 4. The van der Waals surface area contributed by atoms with Crippen LogP contribution in [0.3, 0.4) is 0 Å². The summed E-state index contributed by atoms with van der Waals surface area (Å²) in [5, 5.41) is 0. The molecule has 0 atom stereocenters. The number of imide groups is 2. The average Bonchev–Trinajstić information content (AvgIpc) is 2.57. The van der Waals surface area contributed by atoms with E-state index in [1.165, 1.54) is 0 Å². The van der Waals surface area contributed by atoms with Gasteiger partial charge >= 0.3 is 0 Å². The zero-order chi connectivity index (χ0) is 16.2. The third kappa shape index (κ3) is 1.42. The van der Waals surface area contributed by atoms with E-state index in [4.69, 9.17) is 0 Å². The van der Waals surface area contributed by atoms with Gasteiger partial charge in [0.2, 0.25) is 0 Å². The van der Waals surface area contributed by atoms with Crippen LogP contribution in [0.15, 0.2) is 60.7 Å². The van der Waals surface area contributed by atoms with Crippen molar-refractivity contribution in [1.82, 2.24) is 0 Å². The summed E-state index contributed by atoms with van der Waals surface area (Å²) in [4.78, 5) is 51.4. The second-order valence-corrected chi connectivity index (χ2v) is 5.31. The first-order chi connectivity index (χ1) is 11.1. The van der Waals surface area contributed by atoms with Gasteiger partial charge in [-0.25, -0.2) is 9.80 Å². The van der Waals surface area contributed by atoms with Crippen molar-refractivity contribution in [3.63, 3.8) is 0 Å². The maximum Gasteiger partial charge on any atom is 0.286 e. The molecule has 2 aliphatic heterocycles. The molecule has 0 aliphatic carbocycles. The maximum atomic E-state index is 12.4. The van der Waals surface area contributed by atoms with Gasteiger partial charge in [0.1, 0.15) is 0 Å². The van der Waals surface area contributed by atoms with Crippen molar-refractivity contribution in [2.24, 2.45) is 5.41 Å². The van der Waals surface area contributed by atoms with Gasteiger partial charge in [-0.3, -0.25) is 19.2 Å². The summed E-state index contributed by atoms with van der Waals surface area (Å²) < 4.78 is 0. The van der Waals surface area contributed by atoms with Gasteiger partial charge in [-0.1, -0.05) is 36.4 Å². The fraction of sp³-hybridized carbons (Fsp3) is 0.0588. The van der Waals surface area contributed by atoms with Crippen LogP contribution < -0.4 is 9.80 Å². The number of anilines is 2. The highest BCUT2D eigenvalue weighted by Gasteiger charge is 2.80. The number of rotatable bonds is 2. The van der Waals surface area contributed by atoms with Gasteiger partial charge in [0, 0.05) is 0 Å². The highest BCUT2D eigenvalue weighted by molar-refractivity contribution is 6.64. The molecular formula is C17H10N2O4. The van der Waals surface area contributed by atoms with Gasteiger partial charge in [-0.05, 0) is 24.3 Å². The minimum atomic E-state index is -2.17. The molecule has 0 bridgehead atoms. The second kappa shape index (κ2) is 4.36. The second-order valence-electron chi connectivity index (χ2n) is 5.31. The number of hydrogen-bond donors (Lipinski definition) is 0. The average molecular weight is 306 g/mol. The number of carbonyl (C=O) groups is 4. The molecule has 2 fully saturated rings. The molecule has 0 N–H and O–H groups in total. The molecule has 0 aromatic heterocycles. The van der Waals surface area contributed by atoms with E-state index in [2.05, 4.69) is 0 Å². The van der Waals surface area contributed by atoms with Crippen molar-refractivity contribution >= 4 is 35.0 Å². The van der Waals surface area contributed by atoms with Crippen LogP contribution in [0, 0.1) is 5.41 Å². The summed E-state index contributed by atoms with van der Waals surface area (Å²) >= 11 is 0. The van der Waals surface area contributed by atoms with Crippen molar-refractivity contribution in [2.45, 2.75) is 0 Å². The number of β-lactam (4-membered cyclic amide) rings is 4. The molecule has 0 saturated carbocycles. The molecule has 2 heterocycles. The molecular weight excluding hydrogens is 296 g/mol. The van der Waals surface area contributed by atoms with E-state index in [0.29, 0.717) is 11.4 Å². The number of nitrogens with zero attached hydrogens (tertiary/aromatic N) is 2. The lowest BCUT2D eigenvalue weighted by molar-refractivity contribution is -0.169.